The Bertz CT molecular complexity index is 105. The Kier molecular flexibility index (Phi) is 32.8. The van der Waals surface area contributed by atoms with Gasteiger partial charge in [-0.15, -0.1) is 0 Å². The molecule has 1 saturated heterocycles. The van der Waals surface area contributed by atoms with Gasteiger partial charge in [-0.3, -0.25) is 0 Å². The van der Waals surface area contributed by atoms with Gasteiger partial charge in [-0.05, 0) is 45.7 Å². The Morgan fingerprint density at radius 3 is 1.11 bits per heavy atom. The van der Waals surface area contributed by atoms with E-state index in [2.05, 4.69) is 39.5 Å². The molecule has 111 valence electrons. The largest absolute Gasteiger partial charge is 0.301 e. The Morgan fingerprint density at radius 1 is 0.667 bits per heavy atom. The third kappa shape index (κ3) is 25.0. The highest BCUT2D eigenvalue weighted by atomic mass is 15.1. The molecule has 0 amide bonds. The fraction of sp³-hybridized carbons (Fsp3) is 1.00. The SMILES string of the molecule is CC.CC.CC(C)C.CC(C)N1CCCCC1.[B]. The lowest BCUT2D eigenvalue weighted by molar-refractivity contribution is 0.185. The molecule has 1 fully saturated rings. The molecule has 0 aromatic rings. The minimum absolute atomic E-state index is 0. The molecule has 0 aromatic heterocycles. The zero-order chi connectivity index (χ0) is 14.3. The molecule has 2 heteroatoms. The Morgan fingerprint density at radius 2 is 0.944 bits per heavy atom. The molecule has 1 rings (SSSR count). The molecule has 1 aliphatic heterocycles. The quantitative estimate of drug-likeness (QED) is 0.582. The second-order valence-corrected chi connectivity index (χ2v) is 4.92. The van der Waals surface area contributed by atoms with Gasteiger partial charge in [-0.25, -0.2) is 0 Å². The number of hydrogen-bond acceptors (Lipinski definition) is 1. The van der Waals surface area contributed by atoms with Crippen molar-refractivity contribution in [3.63, 3.8) is 0 Å². The lowest BCUT2D eigenvalue weighted by atomic mass is 10.1. The van der Waals surface area contributed by atoms with Gasteiger partial charge in [0.25, 0.3) is 0 Å². The molecular weight excluding hydrogens is 217 g/mol. The first kappa shape index (κ1) is 26.6. The van der Waals surface area contributed by atoms with Crippen molar-refractivity contribution >= 4 is 8.41 Å². The average Bonchev–Trinajstić information content (AvgIpc) is 2.34. The lowest BCUT2D eigenvalue weighted by Gasteiger charge is -2.29. The second kappa shape index (κ2) is 22.2. The van der Waals surface area contributed by atoms with Gasteiger partial charge in [0.15, 0.2) is 0 Å². The van der Waals surface area contributed by atoms with Crippen LogP contribution in [-0.4, -0.2) is 32.4 Å². The fourth-order valence-corrected chi connectivity index (χ4v) is 1.43. The molecule has 0 aromatic carbocycles. The monoisotopic (exact) mass is 256 g/mol. The molecule has 0 N–H and O–H groups in total. The van der Waals surface area contributed by atoms with Crippen LogP contribution in [0.15, 0.2) is 0 Å². The van der Waals surface area contributed by atoms with Crippen LogP contribution in [0.2, 0.25) is 0 Å². The minimum Gasteiger partial charge on any atom is -0.301 e. The van der Waals surface area contributed by atoms with Crippen molar-refractivity contribution in [2.75, 3.05) is 13.1 Å². The summed E-state index contributed by atoms with van der Waals surface area (Å²) in [5.74, 6) is 0.833. The van der Waals surface area contributed by atoms with Crippen molar-refractivity contribution in [1.82, 2.24) is 4.90 Å². The van der Waals surface area contributed by atoms with Gasteiger partial charge in [0.05, 0.1) is 0 Å². The van der Waals surface area contributed by atoms with Gasteiger partial charge in [0.2, 0.25) is 0 Å². The maximum Gasteiger partial charge on any atom is 0.00385 e. The van der Waals surface area contributed by atoms with Gasteiger partial charge in [-0.1, -0.05) is 54.9 Å². The van der Waals surface area contributed by atoms with Crippen LogP contribution in [0, 0.1) is 5.92 Å². The van der Waals surface area contributed by atoms with Crippen LogP contribution in [0.4, 0.5) is 0 Å². The molecule has 0 unspecified atom stereocenters. The van der Waals surface area contributed by atoms with Crippen LogP contribution in [0.5, 0.6) is 0 Å². The predicted octanol–water partition coefficient (Wildman–Crippen LogP) is 5.21. The van der Waals surface area contributed by atoms with E-state index < -0.39 is 0 Å². The second-order valence-electron chi connectivity index (χ2n) is 4.92. The zero-order valence-corrected chi connectivity index (χ0v) is 14.7. The van der Waals surface area contributed by atoms with Crippen LogP contribution in [0.3, 0.4) is 0 Å². The van der Waals surface area contributed by atoms with E-state index in [1.165, 1.54) is 32.4 Å². The number of rotatable bonds is 1. The van der Waals surface area contributed by atoms with Crippen molar-refractivity contribution in [2.45, 2.75) is 87.6 Å². The van der Waals surface area contributed by atoms with Crippen LogP contribution < -0.4 is 0 Å². The number of nitrogens with zero attached hydrogens (tertiary/aromatic N) is 1. The van der Waals surface area contributed by atoms with Crippen LogP contribution in [0.1, 0.15) is 81.6 Å². The highest BCUT2D eigenvalue weighted by Crippen LogP contribution is 2.10. The molecule has 1 aliphatic rings. The van der Waals surface area contributed by atoms with E-state index in [9.17, 15) is 0 Å². The van der Waals surface area contributed by atoms with Crippen LogP contribution in [-0.2, 0) is 0 Å². The van der Waals surface area contributed by atoms with E-state index in [4.69, 9.17) is 0 Å². The maximum absolute atomic E-state index is 2.56. The summed E-state index contributed by atoms with van der Waals surface area (Å²) >= 11 is 0. The van der Waals surface area contributed by atoms with Gasteiger partial charge in [-0.2, -0.15) is 0 Å². The summed E-state index contributed by atoms with van der Waals surface area (Å²) in [6.07, 6.45) is 4.28. The molecular formula is C16H39BN. The third-order valence-corrected chi connectivity index (χ3v) is 2.12. The Labute approximate surface area is 120 Å². The van der Waals surface area contributed by atoms with Gasteiger partial charge in [0.1, 0.15) is 0 Å². The first-order chi connectivity index (χ1) is 8.04. The zero-order valence-electron chi connectivity index (χ0n) is 14.7. The van der Waals surface area contributed by atoms with Gasteiger partial charge >= 0.3 is 0 Å². The predicted molar refractivity (Wildman–Crippen MR) is 89.5 cm³/mol. The van der Waals surface area contributed by atoms with E-state index in [1.807, 2.05) is 27.7 Å². The molecule has 0 spiro atoms. The fourth-order valence-electron chi connectivity index (χ4n) is 1.43. The number of hydrogen-bond donors (Lipinski definition) is 0. The van der Waals surface area contributed by atoms with E-state index in [-0.39, 0.29) is 8.41 Å². The first-order valence-electron chi connectivity index (χ1n) is 7.78. The minimum atomic E-state index is 0. The lowest BCUT2D eigenvalue weighted by Crippen LogP contribution is -2.35. The summed E-state index contributed by atoms with van der Waals surface area (Å²) in [5, 5.41) is 0. The molecule has 0 atom stereocenters. The molecule has 0 bridgehead atoms. The van der Waals surface area contributed by atoms with Crippen LogP contribution in [0.25, 0.3) is 0 Å². The van der Waals surface area contributed by atoms with Gasteiger partial charge in [0, 0.05) is 14.5 Å². The van der Waals surface area contributed by atoms with Gasteiger partial charge < -0.3 is 4.90 Å². The standard InChI is InChI=1S/C8H17N.C4H10.2C2H6.B/c1-8(2)9-6-4-3-5-7-9;1-4(2)3;2*1-2;/h8H,3-7H2,1-2H3;4H,1-3H3;2*1-2H3;. The maximum atomic E-state index is 2.56. The summed E-state index contributed by atoms with van der Waals surface area (Å²) in [7, 11) is 0. The van der Waals surface area contributed by atoms with E-state index in [0.29, 0.717) is 0 Å². The highest BCUT2D eigenvalue weighted by Gasteiger charge is 2.11. The number of piperidine rings is 1. The van der Waals surface area contributed by atoms with Crippen molar-refractivity contribution in [2.24, 2.45) is 5.92 Å². The molecule has 0 saturated carbocycles. The summed E-state index contributed by atoms with van der Waals surface area (Å²) < 4.78 is 0. The topological polar surface area (TPSA) is 3.24 Å². The first-order valence-corrected chi connectivity index (χ1v) is 7.78. The third-order valence-electron chi connectivity index (χ3n) is 2.12. The Hall–Kier alpha value is 0.0249. The molecule has 0 aliphatic carbocycles. The Balaban J connectivity index is -0.0000000937. The summed E-state index contributed by atoms with van der Waals surface area (Å²) in [6, 6.07) is 0.769. The summed E-state index contributed by atoms with van der Waals surface area (Å²) in [5.41, 5.74) is 0. The molecule has 18 heavy (non-hydrogen) atoms. The van der Waals surface area contributed by atoms with E-state index >= 15 is 0 Å². The van der Waals surface area contributed by atoms with Crippen molar-refractivity contribution in [1.29, 1.82) is 0 Å². The highest BCUT2D eigenvalue weighted by molar-refractivity contribution is 5.75. The average molecular weight is 256 g/mol. The molecule has 1 heterocycles. The molecule has 1 nitrogen and oxygen atoms in total. The normalized spacial score (nSPS) is 14.2. The molecule has 3 radical (unpaired) electrons. The summed E-state index contributed by atoms with van der Waals surface area (Å²) in [4.78, 5) is 2.56. The number of likely N-dealkylation sites (tertiary alicyclic amines) is 1. The smallest absolute Gasteiger partial charge is 0.00385 e. The van der Waals surface area contributed by atoms with Crippen molar-refractivity contribution in [3.8, 4) is 0 Å². The van der Waals surface area contributed by atoms with E-state index in [0.717, 1.165) is 12.0 Å². The summed E-state index contributed by atoms with van der Waals surface area (Å²) in [6.45, 7) is 21.7. The van der Waals surface area contributed by atoms with Crippen LogP contribution >= 0.6 is 0 Å². The van der Waals surface area contributed by atoms with Crippen molar-refractivity contribution < 1.29 is 0 Å². The van der Waals surface area contributed by atoms with E-state index in [1.54, 1.807) is 0 Å². The van der Waals surface area contributed by atoms with Crippen molar-refractivity contribution in [3.05, 3.63) is 0 Å².